The SMILES string of the molecule is CCC(=O)N1CCC2(CC1)NC(=O)N([C@H]1CCCN(C(=O)CCc3ccccc3)C1)C2=O. The van der Waals surface area contributed by atoms with Gasteiger partial charge in [0.15, 0.2) is 0 Å². The van der Waals surface area contributed by atoms with Crippen molar-refractivity contribution in [2.24, 2.45) is 0 Å². The second kappa shape index (κ2) is 9.30. The van der Waals surface area contributed by atoms with Gasteiger partial charge in [-0.3, -0.25) is 19.3 Å². The van der Waals surface area contributed by atoms with E-state index in [1.54, 1.807) is 9.80 Å². The Morgan fingerprint density at radius 1 is 1.03 bits per heavy atom. The van der Waals surface area contributed by atoms with E-state index in [2.05, 4.69) is 5.32 Å². The maximum atomic E-state index is 13.4. The lowest BCUT2D eigenvalue weighted by Crippen LogP contribution is -2.57. The molecule has 1 aromatic carbocycles. The minimum Gasteiger partial charge on any atom is -0.343 e. The lowest BCUT2D eigenvalue weighted by molar-refractivity contribution is -0.141. The molecule has 0 saturated carbocycles. The summed E-state index contributed by atoms with van der Waals surface area (Å²) in [5, 5.41) is 2.93. The Bertz CT molecular complexity index is 879. The first-order valence-corrected chi connectivity index (χ1v) is 11.7. The maximum absolute atomic E-state index is 13.4. The molecule has 4 rings (SSSR count). The Morgan fingerprint density at radius 2 is 1.75 bits per heavy atom. The summed E-state index contributed by atoms with van der Waals surface area (Å²) in [6, 6.07) is 9.24. The number of likely N-dealkylation sites (tertiary alicyclic amines) is 2. The van der Waals surface area contributed by atoms with Gasteiger partial charge in [-0.05, 0) is 37.7 Å². The van der Waals surface area contributed by atoms with Crippen LogP contribution in [0.4, 0.5) is 4.79 Å². The number of amides is 5. The van der Waals surface area contributed by atoms with Gasteiger partial charge in [0.1, 0.15) is 5.54 Å². The van der Waals surface area contributed by atoms with Gasteiger partial charge < -0.3 is 15.1 Å². The molecule has 3 heterocycles. The molecule has 3 fully saturated rings. The number of hydrogen-bond acceptors (Lipinski definition) is 4. The quantitative estimate of drug-likeness (QED) is 0.709. The van der Waals surface area contributed by atoms with Crippen LogP contribution in [0.3, 0.4) is 0 Å². The summed E-state index contributed by atoms with van der Waals surface area (Å²) in [4.78, 5) is 55.9. The van der Waals surface area contributed by atoms with E-state index < -0.39 is 5.54 Å². The Balaban J connectivity index is 1.37. The molecule has 0 radical (unpaired) electrons. The molecule has 172 valence electrons. The highest BCUT2D eigenvalue weighted by molar-refractivity contribution is 6.07. The van der Waals surface area contributed by atoms with Crippen molar-refractivity contribution >= 4 is 23.8 Å². The van der Waals surface area contributed by atoms with E-state index in [9.17, 15) is 19.2 Å². The number of nitrogens with one attached hydrogen (secondary N) is 1. The molecular weight excluding hydrogens is 408 g/mol. The Kier molecular flexibility index (Phi) is 6.48. The number of carbonyl (C=O) groups is 4. The number of benzene rings is 1. The van der Waals surface area contributed by atoms with Crippen molar-refractivity contribution in [2.75, 3.05) is 26.2 Å². The molecule has 32 heavy (non-hydrogen) atoms. The minimum atomic E-state index is -0.915. The number of hydrogen-bond donors (Lipinski definition) is 1. The molecule has 8 heteroatoms. The minimum absolute atomic E-state index is 0.0618. The van der Waals surface area contributed by atoms with Crippen LogP contribution in [0.2, 0.25) is 0 Å². The lowest BCUT2D eigenvalue weighted by Gasteiger charge is -2.39. The van der Waals surface area contributed by atoms with Gasteiger partial charge in [0.25, 0.3) is 5.91 Å². The standard InChI is InChI=1S/C24H32N4O4/c1-2-20(29)26-15-12-24(13-16-26)22(31)28(23(32)25-24)19-9-6-14-27(17-19)21(30)11-10-18-7-4-3-5-8-18/h3-5,7-8,19H,2,6,9-17H2,1H3,(H,25,32)/t19-/m0/s1. The van der Waals surface area contributed by atoms with Crippen molar-refractivity contribution in [3.63, 3.8) is 0 Å². The topological polar surface area (TPSA) is 90.0 Å². The number of piperidine rings is 2. The molecular formula is C24H32N4O4. The molecule has 3 aliphatic rings. The van der Waals surface area contributed by atoms with Gasteiger partial charge in [0.05, 0.1) is 6.04 Å². The van der Waals surface area contributed by atoms with Crippen molar-refractivity contribution in [1.82, 2.24) is 20.0 Å². The lowest BCUT2D eigenvalue weighted by atomic mass is 9.87. The fraction of sp³-hybridized carbons (Fsp3) is 0.583. The highest BCUT2D eigenvalue weighted by atomic mass is 16.2. The smallest absolute Gasteiger partial charge is 0.325 e. The van der Waals surface area contributed by atoms with Crippen LogP contribution in [0.1, 0.15) is 51.0 Å². The molecule has 1 atom stereocenters. The van der Waals surface area contributed by atoms with Crippen molar-refractivity contribution in [3.05, 3.63) is 35.9 Å². The summed E-state index contributed by atoms with van der Waals surface area (Å²) >= 11 is 0. The molecule has 8 nitrogen and oxygen atoms in total. The van der Waals surface area contributed by atoms with Crippen molar-refractivity contribution in [2.45, 2.75) is 63.5 Å². The maximum Gasteiger partial charge on any atom is 0.325 e. The number of rotatable bonds is 5. The zero-order valence-corrected chi connectivity index (χ0v) is 18.7. The summed E-state index contributed by atoms with van der Waals surface area (Å²) in [7, 11) is 0. The van der Waals surface area contributed by atoms with Crippen LogP contribution >= 0.6 is 0 Å². The molecule has 0 bridgehead atoms. The number of urea groups is 1. The van der Waals surface area contributed by atoms with Gasteiger partial charge in [-0.2, -0.15) is 0 Å². The summed E-state index contributed by atoms with van der Waals surface area (Å²) in [5.41, 5.74) is 0.208. The van der Waals surface area contributed by atoms with Gasteiger partial charge >= 0.3 is 6.03 Å². The third-order valence-electron chi connectivity index (χ3n) is 7.05. The Hall–Kier alpha value is -2.90. The second-order valence-corrected chi connectivity index (χ2v) is 9.04. The summed E-state index contributed by atoms with van der Waals surface area (Å²) < 4.78 is 0. The number of nitrogens with zero attached hydrogens (tertiary/aromatic N) is 3. The monoisotopic (exact) mass is 440 g/mol. The van der Waals surface area contributed by atoms with Gasteiger partial charge in [-0.1, -0.05) is 37.3 Å². The van der Waals surface area contributed by atoms with Crippen molar-refractivity contribution in [1.29, 1.82) is 0 Å². The summed E-state index contributed by atoms with van der Waals surface area (Å²) in [5.74, 6) is -0.0631. The Morgan fingerprint density at radius 3 is 2.44 bits per heavy atom. The highest BCUT2D eigenvalue weighted by Crippen LogP contribution is 2.32. The number of imide groups is 1. The third kappa shape index (κ3) is 4.36. The molecule has 3 aliphatic heterocycles. The summed E-state index contributed by atoms with van der Waals surface area (Å²) in [6.45, 7) is 3.83. The molecule has 0 aromatic heterocycles. The largest absolute Gasteiger partial charge is 0.343 e. The zero-order chi connectivity index (χ0) is 22.7. The van der Waals surface area contributed by atoms with E-state index >= 15 is 0 Å². The van der Waals surface area contributed by atoms with E-state index in [1.807, 2.05) is 37.3 Å². The van der Waals surface area contributed by atoms with Crippen LogP contribution < -0.4 is 5.32 Å². The molecule has 0 unspecified atom stereocenters. The molecule has 5 amide bonds. The fourth-order valence-electron chi connectivity index (χ4n) is 5.12. The first-order valence-electron chi connectivity index (χ1n) is 11.7. The van der Waals surface area contributed by atoms with Gasteiger partial charge in [0, 0.05) is 39.0 Å². The first kappa shape index (κ1) is 22.3. The molecule has 3 saturated heterocycles. The predicted molar refractivity (Wildman–Crippen MR) is 119 cm³/mol. The van der Waals surface area contributed by atoms with Crippen LogP contribution in [0.15, 0.2) is 30.3 Å². The normalized spacial score (nSPS) is 22.9. The third-order valence-corrected chi connectivity index (χ3v) is 7.05. The molecule has 0 aliphatic carbocycles. The van der Waals surface area contributed by atoms with E-state index in [4.69, 9.17) is 0 Å². The predicted octanol–water partition coefficient (Wildman–Crippen LogP) is 1.93. The van der Waals surface area contributed by atoms with Crippen LogP contribution in [-0.4, -0.2) is 76.2 Å². The van der Waals surface area contributed by atoms with E-state index in [0.717, 1.165) is 12.0 Å². The molecule has 1 aromatic rings. The molecule has 1 spiro atoms. The summed E-state index contributed by atoms with van der Waals surface area (Å²) in [6.07, 6.45) is 3.89. The first-order chi connectivity index (χ1) is 15.4. The van der Waals surface area contributed by atoms with Crippen LogP contribution in [0.25, 0.3) is 0 Å². The highest BCUT2D eigenvalue weighted by Gasteiger charge is 2.54. The van der Waals surface area contributed by atoms with Crippen LogP contribution in [0, 0.1) is 0 Å². The van der Waals surface area contributed by atoms with E-state index in [1.165, 1.54) is 4.90 Å². The van der Waals surface area contributed by atoms with Gasteiger partial charge in [-0.15, -0.1) is 0 Å². The van der Waals surface area contributed by atoms with E-state index in [0.29, 0.717) is 64.7 Å². The second-order valence-electron chi connectivity index (χ2n) is 9.04. The fourth-order valence-corrected chi connectivity index (χ4v) is 5.12. The average molecular weight is 441 g/mol. The number of aryl methyl sites for hydroxylation is 1. The van der Waals surface area contributed by atoms with Crippen LogP contribution in [0.5, 0.6) is 0 Å². The van der Waals surface area contributed by atoms with Crippen LogP contribution in [-0.2, 0) is 20.8 Å². The average Bonchev–Trinajstić information content (AvgIpc) is 3.07. The Labute approximate surface area is 188 Å². The van der Waals surface area contributed by atoms with Crippen molar-refractivity contribution < 1.29 is 19.2 Å². The number of carbonyl (C=O) groups excluding carboxylic acids is 4. The van der Waals surface area contributed by atoms with Crippen molar-refractivity contribution in [3.8, 4) is 0 Å². The van der Waals surface area contributed by atoms with Gasteiger partial charge in [0.2, 0.25) is 11.8 Å². The van der Waals surface area contributed by atoms with Gasteiger partial charge in [-0.25, -0.2) is 4.79 Å². The molecule has 1 N–H and O–H groups in total. The van der Waals surface area contributed by atoms with E-state index in [-0.39, 0.29) is 29.8 Å². The zero-order valence-electron chi connectivity index (χ0n) is 18.7.